The number of piperidine rings is 1. The highest BCUT2D eigenvalue weighted by atomic mass is 32.2. The predicted molar refractivity (Wildman–Crippen MR) is 123 cm³/mol. The Bertz CT molecular complexity index is 1010. The molecule has 31 heavy (non-hydrogen) atoms. The predicted octanol–water partition coefficient (Wildman–Crippen LogP) is 3.18. The van der Waals surface area contributed by atoms with Gasteiger partial charge in [0.15, 0.2) is 9.84 Å². The lowest BCUT2D eigenvalue weighted by molar-refractivity contribution is -0.0982. The second-order valence-electron chi connectivity index (χ2n) is 9.68. The summed E-state index contributed by atoms with van der Waals surface area (Å²) in [7, 11) is -3.17. The van der Waals surface area contributed by atoms with Gasteiger partial charge in [0.1, 0.15) is 0 Å². The molecule has 0 aromatic carbocycles. The van der Waals surface area contributed by atoms with Gasteiger partial charge in [0.2, 0.25) is 0 Å². The van der Waals surface area contributed by atoms with Gasteiger partial charge in [-0.05, 0) is 51.7 Å². The Kier molecular flexibility index (Phi) is 6.33. The molecular weight excluding hydrogens is 432 g/mol. The molecule has 2 aliphatic rings. The Morgan fingerprint density at radius 3 is 2.68 bits per heavy atom. The monoisotopic (exact) mass is 466 g/mol. The summed E-state index contributed by atoms with van der Waals surface area (Å²) in [5, 5.41) is 8.42. The van der Waals surface area contributed by atoms with Crippen molar-refractivity contribution in [1.29, 1.82) is 0 Å². The number of ether oxygens (including phenoxy) is 1. The van der Waals surface area contributed by atoms with Gasteiger partial charge in [-0.25, -0.2) is 8.42 Å². The third-order valence-electron chi connectivity index (χ3n) is 6.56. The molecule has 0 saturated carbocycles. The van der Waals surface area contributed by atoms with Crippen LogP contribution in [0.5, 0.6) is 0 Å². The highest BCUT2D eigenvalue weighted by Crippen LogP contribution is 2.44. The maximum Gasteiger partial charge on any atom is 0.157 e. The molecule has 2 aromatic heterocycles. The number of fused-ring (bicyclic) bond motifs is 2. The van der Waals surface area contributed by atoms with Crippen LogP contribution in [0.4, 0.5) is 0 Å². The first-order valence-electron chi connectivity index (χ1n) is 11.2. The summed E-state index contributed by atoms with van der Waals surface area (Å²) in [6.07, 6.45) is 6.01. The average molecular weight is 467 g/mol. The first-order chi connectivity index (χ1) is 14.6. The van der Waals surface area contributed by atoms with Crippen LogP contribution >= 0.6 is 11.3 Å². The SMILES string of the molecule is CCc1cc2c(s1)CCOC21CCN(Cc2cn(CCS(=O)(=O)C(C)(C)C)nn2)CC1. The van der Waals surface area contributed by atoms with Crippen molar-refractivity contribution in [2.24, 2.45) is 0 Å². The highest BCUT2D eigenvalue weighted by molar-refractivity contribution is 7.92. The summed E-state index contributed by atoms with van der Waals surface area (Å²) in [6.45, 7) is 11.2. The topological polar surface area (TPSA) is 77.3 Å². The number of likely N-dealkylation sites (tertiary alicyclic amines) is 1. The number of aromatic nitrogens is 3. The lowest BCUT2D eigenvalue weighted by atomic mass is 9.82. The van der Waals surface area contributed by atoms with E-state index in [9.17, 15) is 8.42 Å². The van der Waals surface area contributed by atoms with E-state index in [4.69, 9.17) is 4.74 Å². The van der Waals surface area contributed by atoms with Crippen LogP contribution in [0.2, 0.25) is 0 Å². The van der Waals surface area contributed by atoms with E-state index in [1.54, 1.807) is 25.5 Å². The highest BCUT2D eigenvalue weighted by Gasteiger charge is 2.41. The fourth-order valence-corrected chi connectivity index (χ4v) is 6.62. The van der Waals surface area contributed by atoms with Crippen LogP contribution in [0, 0.1) is 0 Å². The standard InChI is InChI=1S/C22H34N4O3S2/c1-5-18-14-19-20(30-18)6-12-29-22(19)7-9-25(10-8-22)15-17-16-26(24-23-17)11-13-31(27,28)21(2,3)4/h14,16H,5-13,15H2,1-4H3. The lowest BCUT2D eigenvalue weighted by Gasteiger charge is -2.44. The molecule has 2 aromatic rings. The van der Waals surface area contributed by atoms with Crippen LogP contribution in [0.15, 0.2) is 12.3 Å². The Balaban J connectivity index is 1.34. The van der Waals surface area contributed by atoms with E-state index >= 15 is 0 Å². The number of rotatable bonds is 6. The number of sulfone groups is 1. The molecule has 2 aliphatic heterocycles. The minimum Gasteiger partial charge on any atom is -0.370 e. The van der Waals surface area contributed by atoms with Crippen LogP contribution in [0.3, 0.4) is 0 Å². The van der Waals surface area contributed by atoms with Gasteiger partial charge in [0.25, 0.3) is 0 Å². The quantitative estimate of drug-likeness (QED) is 0.651. The zero-order valence-corrected chi connectivity index (χ0v) is 20.7. The smallest absolute Gasteiger partial charge is 0.157 e. The van der Waals surface area contributed by atoms with Crippen molar-refractivity contribution in [1.82, 2.24) is 19.9 Å². The fraction of sp³-hybridized carbons (Fsp3) is 0.727. The molecule has 0 unspecified atom stereocenters. The first kappa shape index (κ1) is 22.9. The van der Waals surface area contributed by atoms with E-state index in [2.05, 4.69) is 28.2 Å². The third kappa shape index (κ3) is 4.74. The fourth-order valence-electron chi connectivity index (χ4n) is 4.40. The minimum absolute atomic E-state index is 0.0750. The molecule has 1 fully saturated rings. The first-order valence-corrected chi connectivity index (χ1v) is 13.7. The summed E-state index contributed by atoms with van der Waals surface area (Å²) in [5.74, 6) is 0.0750. The van der Waals surface area contributed by atoms with Gasteiger partial charge in [0.05, 0.1) is 34.9 Å². The normalized spacial score (nSPS) is 19.6. The molecule has 0 aliphatic carbocycles. The Labute approximate surface area is 189 Å². The summed E-state index contributed by atoms with van der Waals surface area (Å²) in [6, 6.07) is 2.38. The Morgan fingerprint density at radius 1 is 1.26 bits per heavy atom. The summed E-state index contributed by atoms with van der Waals surface area (Å²) in [4.78, 5) is 5.38. The average Bonchev–Trinajstić information content (AvgIpc) is 3.35. The molecule has 9 heteroatoms. The van der Waals surface area contributed by atoms with Crippen LogP contribution < -0.4 is 0 Å². The zero-order chi connectivity index (χ0) is 22.3. The van der Waals surface area contributed by atoms with E-state index in [0.29, 0.717) is 6.54 Å². The number of aryl methyl sites for hydroxylation is 2. The van der Waals surface area contributed by atoms with Crippen molar-refractivity contribution < 1.29 is 13.2 Å². The molecule has 7 nitrogen and oxygen atoms in total. The van der Waals surface area contributed by atoms with Gasteiger partial charge >= 0.3 is 0 Å². The Hall–Kier alpha value is -1.29. The van der Waals surface area contributed by atoms with Gasteiger partial charge in [-0.1, -0.05) is 12.1 Å². The summed E-state index contributed by atoms with van der Waals surface area (Å²) in [5.41, 5.74) is 2.21. The number of nitrogens with zero attached hydrogens (tertiary/aromatic N) is 4. The van der Waals surface area contributed by atoms with Crippen molar-refractivity contribution in [2.45, 2.75) is 76.8 Å². The largest absolute Gasteiger partial charge is 0.370 e. The van der Waals surface area contributed by atoms with Gasteiger partial charge < -0.3 is 4.74 Å². The maximum atomic E-state index is 12.3. The molecule has 0 N–H and O–H groups in total. The van der Waals surface area contributed by atoms with Crippen LogP contribution in [-0.2, 0) is 46.1 Å². The molecule has 172 valence electrons. The molecular formula is C22H34N4O3S2. The van der Waals surface area contributed by atoms with E-state index in [1.807, 2.05) is 17.5 Å². The van der Waals surface area contributed by atoms with E-state index in [1.165, 1.54) is 15.3 Å². The Morgan fingerprint density at radius 2 is 2.00 bits per heavy atom. The molecule has 0 radical (unpaired) electrons. The molecule has 4 heterocycles. The van der Waals surface area contributed by atoms with E-state index in [0.717, 1.165) is 57.6 Å². The molecule has 0 bridgehead atoms. The summed E-state index contributed by atoms with van der Waals surface area (Å²) < 4.78 is 31.9. The minimum atomic E-state index is -3.17. The number of hydrogen-bond acceptors (Lipinski definition) is 7. The molecule has 1 saturated heterocycles. The van der Waals surface area contributed by atoms with Crippen molar-refractivity contribution >= 4 is 21.2 Å². The number of thiophene rings is 1. The van der Waals surface area contributed by atoms with Crippen molar-refractivity contribution in [3.05, 3.63) is 33.3 Å². The van der Waals surface area contributed by atoms with Crippen molar-refractivity contribution in [3.8, 4) is 0 Å². The van der Waals surface area contributed by atoms with E-state index < -0.39 is 14.6 Å². The maximum absolute atomic E-state index is 12.3. The third-order valence-corrected chi connectivity index (χ3v) is 10.5. The van der Waals surface area contributed by atoms with Gasteiger partial charge in [-0.15, -0.1) is 16.4 Å². The van der Waals surface area contributed by atoms with Crippen LogP contribution in [-0.4, -0.2) is 58.5 Å². The molecule has 0 amide bonds. The molecule has 1 spiro atoms. The van der Waals surface area contributed by atoms with Crippen molar-refractivity contribution in [2.75, 3.05) is 25.4 Å². The number of hydrogen-bond donors (Lipinski definition) is 0. The van der Waals surface area contributed by atoms with Gasteiger partial charge in [0, 0.05) is 42.0 Å². The summed E-state index contributed by atoms with van der Waals surface area (Å²) >= 11 is 1.96. The van der Waals surface area contributed by atoms with Crippen LogP contribution in [0.25, 0.3) is 0 Å². The van der Waals surface area contributed by atoms with Gasteiger partial charge in [-0.3, -0.25) is 9.58 Å². The second-order valence-corrected chi connectivity index (χ2v) is 13.8. The van der Waals surface area contributed by atoms with Crippen LogP contribution in [0.1, 0.15) is 61.5 Å². The zero-order valence-electron chi connectivity index (χ0n) is 19.1. The molecule has 4 rings (SSSR count). The molecule has 0 atom stereocenters. The van der Waals surface area contributed by atoms with E-state index in [-0.39, 0.29) is 11.4 Å². The lowest BCUT2D eigenvalue weighted by Crippen LogP contribution is -2.45. The second kappa shape index (κ2) is 8.57. The van der Waals surface area contributed by atoms with Gasteiger partial charge in [-0.2, -0.15) is 0 Å². The van der Waals surface area contributed by atoms with Crippen molar-refractivity contribution in [3.63, 3.8) is 0 Å².